The molecule has 1 heterocycles. The highest BCUT2D eigenvalue weighted by Gasteiger charge is 2.12. The summed E-state index contributed by atoms with van der Waals surface area (Å²) in [6, 6.07) is 8.46. The lowest BCUT2D eigenvalue weighted by Gasteiger charge is -2.11. The molecule has 0 bridgehead atoms. The summed E-state index contributed by atoms with van der Waals surface area (Å²) in [7, 11) is 3.31. The zero-order valence-electron chi connectivity index (χ0n) is 14.2. The molecule has 8 heteroatoms. The van der Waals surface area contributed by atoms with Crippen LogP contribution in [0, 0.1) is 11.6 Å². The number of hydrogen-bond donors (Lipinski definition) is 1. The molecule has 0 saturated carbocycles. The van der Waals surface area contributed by atoms with Gasteiger partial charge in [-0.2, -0.15) is 0 Å². The standard InChI is InChI=1S/C18H16F2N4O2/c1-23(2)18(26)11-3-5-12(6-4-11)22-17(25)9-24-10-21-15-7-13(19)14(20)8-16(15)24/h3-8,10H,9H2,1-2H3,(H,22,25). The lowest BCUT2D eigenvalue weighted by molar-refractivity contribution is -0.116. The molecule has 2 aromatic carbocycles. The quantitative estimate of drug-likeness (QED) is 0.780. The molecule has 0 aliphatic heterocycles. The van der Waals surface area contributed by atoms with E-state index in [0.29, 0.717) is 16.8 Å². The Balaban J connectivity index is 1.71. The molecule has 0 spiro atoms. The van der Waals surface area contributed by atoms with Crippen LogP contribution in [0.1, 0.15) is 10.4 Å². The Morgan fingerprint density at radius 1 is 1.12 bits per heavy atom. The molecule has 0 radical (unpaired) electrons. The first-order valence-corrected chi connectivity index (χ1v) is 7.76. The fourth-order valence-corrected chi connectivity index (χ4v) is 2.49. The summed E-state index contributed by atoms with van der Waals surface area (Å²) in [6.45, 7) is -0.111. The highest BCUT2D eigenvalue weighted by atomic mass is 19.2. The molecule has 0 aliphatic rings. The van der Waals surface area contributed by atoms with E-state index in [9.17, 15) is 18.4 Å². The minimum absolute atomic E-state index is 0.111. The van der Waals surface area contributed by atoms with Gasteiger partial charge in [0.25, 0.3) is 5.91 Å². The summed E-state index contributed by atoms with van der Waals surface area (Å²) in [4.78, 5) is 29.5. The number of imidazole rings is 1. The van der Waals surface area contributed by atoms with Crippen LogP contribution in [0.25, 0.3) is 11.0 Å². The van der Waals surface area contributed by atoms with Crippen LogP contribution in [-0.2, 0) is 11.3 Å². The second kappa shape index (κ2) is 6.91. The highest BCUT2D eigenvalue weighted by Crippen LogP contribution is 2.18. The third-order valence-electron chi connectivity index (χ3n) is 3.80. The van der Waals surface area contributed by atoms with E-state index < -0.39 is 11.6 Å². The van der Waals surface area contributed by atoms with E-state index in [4.69, 9.17) is 0 Å². The Labute approximate surface area is 148 Å². The van der Waals surface area contributed by atoms with Crippen LogP contribution < -0.4 is 5.32 Å². The van der Waals surface area contributed by atoms with E-state index in [1.165, 1.54) is 15.8 Å². The van der Waals surface area contributed by atoms with Crippen molar-refractivity contribution in [2.45, 2.75) is 6.54 Å². The minimum atomic E-state index is -0.999. The smallest absolute Gasteiger partial charge is 0.253 e. The molecule has 3 aromatic rings. The summed E-state index contributed by atoms with van der Waals surface area (Å²) in [5, 5.41) is 2.69. The number of nitrogens with zero attached hydrogens (tertiary/aromatic N) is 3. The summed E-state index contributed by atoms with van der Waals surface area (Å²) in [6.07, 6.45) is 1.35. The van der Waals surface area contributed by atoms with Gasteiger partial charge < -0.3 is 14.8 Å². The second-order valence-corrected chi connectivity index (χ2v) is 5.95. The molecule has 0 unspecified atom stereocenters. The SMILES string of the molecule is CN(C)C(=O)c1ccc(NC(=O)Cn2cnc3cc(F)c(F)cc32)cc1. The number of hydrogen-bond acceptors (Lipinski definition) is 3. The molecule has 0 aliphatic carbocycles. The first-order valence-electron chi connectivity index (χ1n) is 7.76. The van der Waals surface area contributed by atoms with Gasteiger partial charge in [-0.05, 0) is 24.3 Å². The molecular formula is C18H16F2N4O2. The first-order chi connectivity index (χ1) is 12.3. The van der Waals surface area contributed by atoms with Crippen molar-refractivity contribution in [3.05, 3.63) is 59.9 Å². The average molecular weight is 358 g/mol. The van der Waals surface area contributed by atoms with Crippen molar-refractivity contribution in [3.63, 3.8) is 0 Å². The van der Waals surface area contributed by atoms with Crippen molar-refractivity contribution in [2.75, 3.05) is 19.4 Å². The van der Waals surface area contributed by atoms with Gasteiger partial charge in [0.15, 0.2) is 11.6 Å². The van der Waals surface area contributed by atoms with Crippen molar-refractivity contribution in [3.8, 4) is 0 Å². The number of benzene rings is 2. The predicted octanol–water partition coefficient (Wildman–Crippen LogP) is 2.66. The Kier molecular flexibility index (Phi) is 4.66. The second-order valence-electron chi connectivity index (χ2n) is 5.95. The van der Waals surface area contributed by atoms with E-state index in [1.54, 1.807) is 38.4 Å². The van der Waals surface area contributed by atoms with E-state index in [1.807, 2.05) is 0 Å². The molecule has 1 N–H and O–H groups in total. The number of carbonyl (C=O) groups is 2. The van der Waals surface area contributed by atoms with Crippen LogP contribution in [0.5, 0.6) is 0 Å². The largest absolute Gasteiger partial charge is 0.345 e. The molecule has 134 valence electrons. The molecule has 0 atom stereocenters. The number of fused-ring (bicyclic) bond motifs is 1. The lowest BCUT2D eigenvalue weighted by Crippen LogP contribution is -2.22. The third kappa shape index (κ3) is 3.53. The fraction of sp³-hybridized carbons (Fsp3) is 0.167. The first kappa shape index (κ1) is 17.5. The van der Waals surface area contributed by atoms with Crippen LogP contribution in [0.2, 0.25) is 0 Å². The monoisotopic (exact) mass is 358 g/mol. The van der Waals surface area contributed by atoms with Crippen molar-refractivity contribution >= 4 is 28.5 Å². The zero-order chi connectivity index (χ0) is 18.8. The van der Waals surface area contributed by atoms with Gasteiger partial charge in [-0.15, -0.1) is 0 Å². The van der Waals surface area contributed by atoms with E-state index in [-0.39, 0.29) is 23.9 Å². The fourth-order valence-electron chi connectivity index (χ4n) is 2.49. The van der Waals surface area contributed by atoms with E-state index in [2.05, 4.69) is 10.3 Å². The van der Waals surface area contributed by atoms with Gasteiger partial charge in [-0.1, -0.05) is 0 Å². The van der Waals surface area contributed by atoms with Gasteiger partial charge in [0.05, 0.1) is 17.4 Å². The molecule has 6 nitrogen and oxygen atoms in total. The van der Waals surface area contributed by atoms with Crippen molar-refractivity contribution in [1.29, 1.82) is 0 Å². The van der Waals surface area contributed by atoms with Crippen molar-refractivity contribution < 1.29 is 18.4 Å². The summed E-state index contributed by atoms with van der Waals surface area (Å²) in [5.74, 6) is -2.48. The Hall–Kier alpha value is -3.29. The summed E-state index contributed by atoms with van der Waals surface area (Å²) in [5.41, 5.74) is 1.62. The van der Waals surface area contributed by atoms with Crippen molar-refractivity contribution in [1.82, 2.24) is 14.5 Å². The van der Waals surface area contributed by atoms with Crippen LogP contribution in [-0.4, -0.2) is 40.4 Å². The molecule has 0 saturated heterocycles. The third-order valence-corrected chi connectivity index (χ3v) is 3.80. The number of halogens is 2. The minimum Gasteiger partial charge on any atom is -0.345 e. The van der Waals surface area contributed by atoms with E-state index >= 15 is 0 Å². The maximum Gasteiger partial charge on any atom is 0.253 e. The lowest BCUT2D eigenvalue weighted by atomic mass is 10.2. The van der Waals surface area contributed by atoms with Gasteiger partial charge in [0.2, 0.25) is 5.91 Å². The van der Waals surface area contributed by atoms with E-state index in [0.717, 1.165) is 12.1 Å². The van der Waals surface area contributed by atoms with Crippen LogP contribution in [0.3, 0.4) is 0 Å². The van der Waals surface area contributed by atoms with Crippen LogP contribution in [0.4, 0.5) is 14.5 Å². The topological polar surface area (TPSA) is 67.2 Å². The number of carbonyl (C=O) groups excluding carboxylic acids is 2. The molecule has 26 heavy (non-hydrogen) atoms. The van der Waals surface area contributed by atoms with Crippen LogP contribution >= 0.6 is 0 Å². The number of aromatic nitrogens is 2. The molecule has 0 fully saturated rings. The number of rotatable bonds is 4. The summed E-state index contributed by atoms with van der Waals surface area (Å²) >= 11 is 0. The Morgan fingerprint density at radius 3 is 2.42 bits per heavy atom. The number of anilines is 1. The van der Waals surface area contributed by atoms with Gasteiger partial charge in [0, 0.05) is 37.5 Å². The molecule has 1 aromatic heterocycles. The normalized spacial score (nSPS) is 10.8. The molecule has 2 amide bonds. The predicted molar refractivity (Wildman–Crippen MR) is 92.7 cm³/mol. The van der Waals surface area contributed by atoms with Gasteiger partial charge in [0.1, 0.15) is 6.54 Å². The Bertz CT molecular complexity index is 981. The van der Waals surface area contributed by atoms with Gasteiger partial charge in [-0.3, -0.25) is 9.59 Å². The van der Waals surface area contributed by atoms with Crippen molar-refractivity contribution in [2.24, 2.45) is 0 Å². The highest BCUT2D eigenvalue weighted by molar-refractivity contribution is 5.95. The zero-order valence-corrected chi connectivity index (χ0v) is 14.2. The van der Waals surface area contributed by atoms with Crippen LogP contribution in [0.15, 0.2) is 42.7 Å². The molecule has 3 rings (SSSR count). The van der Waals surface area contributed by atoms with Gasteiger partial charge >= 0.3 is 0 Å². The van der Waals surface area contributed by atoms with Gasteiger partial charge in [-0.25, -0.2) is 13.8 Å². The Morgan fingerprint density at radius 2 is 1.77 bits per heavy atom. The number of amides is 2. The summed E-state index contributed by atoms with van der Waals surface area (Å²) < 4.78 is 28.0. The molecular weight excluding hydrogens is 342 g/mol. The number of nitrogens with one attached hydrogen (secondary N) is 1. The average Bonchev–Trinajstić information content (AvgIpc) is 2.97. The maximum absolute atomic E-state index is 13.4. The maximum atomic E-state index is 13.4.